The topological polar surface area (TPSA) is 72.2 Å². The van der Waals surface area contributed by atoms with E-state index in [1.807, 2.05) is 0 Å². The van der Waals surface area contributed by atoms with E-state index in [1.165, 1.54) is 36.4 Å². The molecule has 0 saturated carbocycles. The van der Waals surface area contributed by atoms with Gasteiger partial charge in [-0.2, -0.15) is 0 Å². The summed E-state index contributed by atoms with van der Waals surface area (Å²) in [4.78, 5) is 0.140. The first kappa shape index (κ1) is 14.5. The van der Waals surface area contributed by atoms with Crippen LogP contribution in [0.15, 0.2) is 53.4 Å². The van der Waals surface area contributed by atoms with Crippen LogP contribution in [0.25, 0.3) is 0 Å². The smallest absolute Gasteiger partial charge is 0.241 e. The van der Waals surface area contributed by atoms with Gasteiger partial charge in [-0.15, -0.1) is 0 Å². The average Bonchev–Trinajstić information content (AvgIpc) is 2.39. The van der Waals surface area contributed by atoms with Crippen molar-refractivity contribution in [2.24, 2.45) is 0 Å². The molecule has 1 unspecified atom stereocenters. The van der Waals surface area contributed by atoms with Crippen molar-refractivity contribution in [2.45, 2.75) is 17.9 Å². The largest absolute Gasteiger partial charge is 0.399 e. The Hall–Kier alpha value is -1.92. The maximum Gasteiger partial charge on any atom is 0.241 e. The van der Waals surface area contributed by atoms with Gasteiger partial charge in [0.05, 0.1) is 4.90 Å². The number of rotatable bonds is 4. The summed E-state index contributed by atoms with van der Waals surface area (Å²) in [5.74, 6) is -0.359. The van der Waals surface area contributed by atoms with Gasteiger partial charge in [-0.1, -0.05) is 12.1 Å². The minimum atomic E-state index is -3.63. The molecule has 0 aromatic heterocycles. The predicted molar refractivity (Wildman–Crippen MR) is 76.0 cm³/mol. The fourth-order valence-corrected chi connectivity index (χ4v) is 3.00. The third kappa shape index (κ3) is 3.34. The molecule has 0 bridgehead atoms. The summed E-state index contributed by atoms with van der Waals surface area (Å²) in [7, 11) is -3.63. The SMILES string of the molecule is CC(NS(=O)(=O)c1ccc(N)cc1)c1ccc(F)cc1. The van der Waals surface area contributed by atoms with Crippen LogP contribution in [0.1, 0.15) is 18.5 Å². The van der Waals surface area contributed by atoms with Gasteiger partial charge in [-0.05, 0) is 48.9 Å². The number of hydrogen-bond donors (Lipinski definition) is 2. The lowest BCUT2D eigenvalue weighted by atomic mass is 10.1. The Labute approximate surface area is 117 Å². The molecule has 3 N–H and O–H groups in total. The number of hydrogen-bond acceptors (Lipinski definition) is 3. The van der Waals surface area contributed by atoms with Crippen molar-refractivity contribution in [3.63, 3.8) is 0 Å². The van der Waals surface area contributed by atoms with E-state index in [4.69, 9.17) is 5.73 Å². The summed E-state index contributed by atoms with van der Waals surface area (Å²) in [6, 6.07) is 11.2. The van der Waals surface area contributed by atoms with E-state index in [1.54, 1.807) is 19.1 Å². The fourth-order valence-electron chi connectivity index (χ4n) is 1.77. The standard InChI is InChI=1S/C14H15FN2O2S/c1-10(11-2-4-12(15)5-3-11)17-20(18,19)14-8-6-13(16)7-9-14/h2-10,17H,16H2,1H3. The predicted octanol–water partition coefficient (Wildman–Crippen LogP) is 2.45. The van der Waals surface area contributed by atoms with Crippen molar-refractivity contribution in [3.05, 3.63) is 59.9 Å². The first-order valence-electron chi connectivity index (χ1n) is 6.02. The zero-order valence-corrected chi connectivity index (χ0v) is 11.7. The molecule has 0 spiro atoms. The van der Waals surface area contributed by atoms with Gasteiger partial charge in [-0.3, -0.25) is 0 Å². The van der Waals surface area contributed by atoms with Crippen LogP contribution in [0.2, 0.25) is 0 Å². The lowest BCUT2D eigenvalue weighted by Crippen LogP contribution is -2.26. The minimum absolute atomic E-state index is 0.140. The maximum absolute atomic E-state index is 12.8. The Morgan fingerprint density at radius 1 is 1.05 bits per heavy atom. The number of nitrogen functional groups attached to an aromatic ring is 1. The lowest BCUT2D eigenvalue weighted by Gasteiger charge is -2.14. The first-order chi connectivity index (χ1) is 9.38. The van der Waals surface area contributed by atoms with Crippen molar-refractivity contribution in [1.82, 2.24) is 4.72 Å². The highest BCUT2D eigenvalue weighted by atomic mass is 32.2. The van der Waals surface area contributed by atoms with E-state index in [0.29, 0.717) is 11.3 Å². The monoisotopic (exact) mass is 294 g/mol. The van der Waals surface area contributed by atoms with Crippen LogP contribution in [0.4, 0.5) is 10.1 Å². The van der Waals surface area contributed by atoms with Crippen LogP contribution in [-0.2, 0) is 10.0 Å². The molecule has 0 aliphatic carbocycles. The van der Waals surface area contributed by atoms with Gasteiger partial charge in [0.15, 0.2) is 0 Å². The minimum Gasteiger partial charge on any atom is -0.399 e. The van der Waals surface area contributed by atoms with Crippen LogP contribution in [0.5, 0.6) is 0 Å². The number of nitrogens with two attached hydrogens (primary N) is 1. The summed E-state index contributed by atoms with van der Waals surface area (Å²) in [5.41, 5.74) is 6.71. The number of benzene rings is 2. The Kier molecular flexibility index (Phi) is 4.06. The van der Waals surface area contributed by atoms with Gasteiger partial charge in [0.1, 0.15) is 5.82 Å². The molecule has 0 heterocycles. The molecule has 2 aromatic carbocycles. The molecule has 106 valence electrons. The Bertz CT molecular complexity index is 682. The van der Waals surface area contributed by atoms with Crippen molar-refractivity contribution in [1.29, 1.82) is 0 Å². The van der Waals surface area contributed by atoms with Crippen molar-refractivity contribution >= 4 is 15.7 Å². The number of anilines is 1. The molecule has 0 radical (unpaired) electrons. The molecule has 0 fully saturated rings. The number of nitrogens with one attached hydrogen (secondary N) is 1. The Balaban J connectivity index is 2.19. The van der Waals surface area contributed by atoms with Crippen LogP contribution in [0, 0.1) is 5.82 Å². The van der Waals surface area contributed by atoms with Crippen molar-refractivity contribution < 1.29 is 12.8 Å². The highest BCUT2D eigenvalue weighted by molar-refractivity contribution is 7.89. The zero-order valence-electron chi connectivity index (χ0n) is 10.9. The highest BCUT2D eigenvalue weighted by Crippen LogP contribution is 2.18. The second-order valence-electron chi connectivity index (χ2n) is 4.46. The van der Waals surface area contributed by atoms with E-state index in [2.05, 4.69) is 4.72 Å². The Morgan fingerprint density at radius 2 is 1.60 bits per heavy atom. The molecule has 2 rings (SSSR count). The molecule has 20 heavy (non-hydrogen) atoms. The second kappa shape index (κ2) is 5.60. The molecule has 0 saturated heterocycles. The Morgan fingerprint density at radius 3 is 2.15 bits per heavy atom. The van der Waals surface area contributed by atoms with Crippen molar-refractivity contribution in [2.75, 3.05) is 5.73 Å². The molecule has 4 nitrogen and oxygen atoms in total. The molecule has 0 aliphatic heterocycles. The lowest BCUT2D eigenvalue weighted by molar-refractivity contribution is 0.566. The summed E-state index contributed by atoms with van der Waals surface area (Å²) in [6.07, 6.45) is 0. The van der Waals surface area contributed by atoms with Gasteiger partial charge >= 0.3 is 0 Å². The molecular formula is C14H15FN2O2S. The number of sulfonamides is 1. The summed E-state index contributed by atoms with van der Waals surface area (Å²) in [5, 5.41) is 0. The normalized spacial score (nSPS) is 13.1. The molecular weight excluding hydrogens is 279 g/mol. The van der Waals surface area contributed by atoms with Gasteiger partial charge in [0.2, 0.25) is 10.0 Å². The summed E-state index contributed by atoms with van der Waals surface area (Å²) >= 11 is 0. The highest BCUT2D eigenvalue weighted by Gasteiger charge is 2.18. The van der Waals surface area contributed by atoms with Gasteiger partial charge in [0, 0.05) is 11.7 Å². The third-order valence-corrected chi connectivity index (χ3v) is 4.45. The van der Waals surface area contributed by atoms with E-state index in [9.17, 15) is 12.8 Å². The van der Waals surface area contributed by atoms with Crippen molar-refractivity contribution in [3.8, 4) is 0 Å². The molecule has 0 amide bonds. The van der Waals surface area contributed by atoms with Crippen LogP contribution in [0.3, 0.4) is 0 Å². The van der Waals surface area contributed by atoms with Gasteiger partial charge < -0.3 is 5.73 Å². The van der Waals surface area contributed by atoms with E-state index >= 15 is 0 Å². The number of halogens is 1. The third-order valence-electron chi connectivity index (χ3n) is 2.89. The summed E-state index contributed by atoms with van der Waals surface area (Å²) < 4.78 is 39.7. The molecule has 0 aliphatic rings. The average molecular weight is 294 g/mol. The quantitative estimate of drug-likeness (QED) is 0.851. The van der Waals surface area contributed by atoms with Gasteiger partial charge in [0.25, 0.3) is 0 Å². The molecule has 2 aromatic rings. The zero-order chi connectivity index (χ0) is 14.8. The first-order valence-corrected chi connectivity index (χ1v) is 7.50. The summed E-state index contributed by atoms with van der Waals surface area (Å²) in [6.45, 7) is 1.70. The van der Waals surface area contributed by atoms with E-state index in [0.717, 1.165) is 0 Å². The van der Waals surface area contributed by atoms with Crippen LogP contribution in [-0.4, -0.2) is 8.42 Å². The second-order valence-corrected chi connectivity index (χ2v) is 6.18. The van der Waals surface area contributed by atoms with E-state index < -0.39 is 16.1 Å². The van der Waals surface area contributed by atoms with Crippen LogP contribution < -0.4 is 10.5 Å². The van der Waals surface area contributed by atoms with E-state index in [-0.39, 0.29) is 10.7 Å². The fraction of sp³-hybridized carbons (Fsp3) is 0.143. The maximum atomic E-state index is 12.8. The molecule has 6 heteroatoms. The van der Waals surface area contributed by atoms with Crippen LogP contribution >= 0.6 is 0 Å². The molecule has 1 atom stereocenters. The van der Waals surface area contributed by atoms with Gasteiger partial charge in [-0.25, -0.2) is 17.5 Å².